The van der Waals surface area contributed by atoms with Crippen molar-refractivity contribution in [3.8, 4) is 5.75 Å². The molecule has 0 heterocycles. The van der Waals surface area contributed by atoms with Crippen molar-refractivity contribution in [2.45, 2.75) is 6.54 Å². The van der Waals surface area contributed by atoms with Crippen LogP contribution in [0.2, 0.25) is 0 Å². The number of carbonyl (C=O) groups is 1. The molecule has 4 nitrogen and oxygen atoms in total. The van der Waals surface area contributed by atoms with Gasteiger partial charge in [-0.15, -0.1) is 0 Å². The molecule has 0 saturated carbocycles. The minimum Gasteiger partial charge on any atom is -0.496 e. The molecular weight excluding hydrogens is 200 g/mol. The molecule has 0 saturated heterocycles. The number of amides is 2. The van der Waals surface area contributed by atoms with Crippen LogP contribution in [-0.4, -0.2) is 17.4 Å². The molecule has 0 atom stereocenters. The third kappa shape index (κ3) is 2.56. The van der Waals surface area contributed by atoms with Gasteiger partial charge >= 0.3 is 6.03 Å². The molecule has 0 radical (unpaired) electrons. The van der Waals surface area contributed by atoms with Crippen LogP contribution in [0.15, 0.2) is 24.3 Å². The Balaban J connectivity index is 2.80. The normalized spacial score (nSPS) is 9.57. The number of thiol groups is 1. The van der Waals surface area contributed by atoms with Crippen LogP contribution in [0.5, 0.6) is 5.75 Å². The van der Waals surface area contributed by atoms with Gasteiger partial charge in [0.1, 0.15) is 5.75 Å². The van der Waals surface area contributed by atoms with E-state index in [2.05, 4.69) is 12.8 Å². The van der Waals surface area contributed by atoms with Gasteiger partial charge in [0.15, 0.2) is 0 Å². The average molecular weight is 212 g/mol. The molecule has 0 aromatic heterocycles. The van der Waals surface area contributed by atoms with Crippen LogP contribution in [0.3, 0.4) is 0 Å². The molecule has 2 amide bonds. The van der Waals surface area contributed by atoms with E-state index in [1.54, 1.807) is 7.11 Å². The Morgan fingerprint density at radius 1 is 1.57 bits per heavy atom. The summed E-state index contributed by atoms with van der Waals surface area (Å²) in [5, 5.41) is 0. The lowest BCUT2D eigenvalue weighted by Gasteiger charge is -2.14. The van der Waals surface area contributed by atoms with Crippen LogP contribution in [0, 0.1) is 0 Å². The van der Waals surface area contributed by atoms with Crippen molar-refractivity contribution in [2.75, 3.05) is 7.11 Å². The highest BCUT2D eigenvalue weighted by molar-refractivity contribution is 7.78. The standard InChI is InChI=1S/C9H12N2O2S/c1-13-8-5-3-2-4-7(8)6-11(14)9(10)12/h2-5,14H,6H2,1H3,(H2,10,12). The fourth-order valence-corrected chi connectivity index (χ4v) is 1.23. The summed E-state index contributed by atoms with van der Waals surface area (Å²) in [6, 6.07) is 6.80. The van der Waals surface area contributed by atoms with Gasteiger partial charge in [-0.1, -0.05) is 31.0 Å². The first-order chi connectivity index (χ1) is 6.65. The minimum absolute atomic E-state index is 0.322. The first-order valence-corrected chi connectivity index (χ1v) is 4.43. The van der Waals surface area contributed by atoms with Crippen LogP contribution in [-0.2, 0) is 6.54 Å². The van der Waals surface area contributed by atoms with Crippen molar-refractivity contribution in [3.63, 3.8) is 0 Å². The quantitative estimate of drug-likeness (QED) is 0.744. The van der Waals surface area contributed by atoms with Crippen molar-refractivity contribution < 1.29 is 9.53 Å². The average Bonchev–Trinajstić information content (AvgIpc) is 2.18. The topological polar surface area (TPSA) is 55.6 Å². The Morgan fingerprint density at radius 3 is 2.79 bits per heavy atom. The summed E-state index contributed by atoms with van der Waals surface area (Å²) in [4.78, 5) is 10.7. The zero-order chi connectivity index (χ0) is 10.6. The van der Waals surface area contributed by atoms with E-state index >= 15 is 0 Å². The van der Waals surface area contributed by atoms with Crippen LogP contribution >= 0.6 is 12.8 Å². The summed E-state index contributed by atoms with van der Waals surface area (Å²) in [6.07, 6.45) is 0. The van der Waals surface area contributed by atoms with Gasteiger partial charge < -0.3 is 10.5 Å². The number of para-hydroxylation sites is 1. The van der Waals surface area contributed by atoms with Crippen LogP contribution < -0.4 is 10.5 Å². The molecule has 1 aromatic carbocycles. The molecule has 0 bridgehead atoms. The van der Waals surface area contributed by atoms with Crippen LogP contribution in [0.4, 0.5) is 4.79 Å². The fourth-order valence-electron chi connectivity index (χ4n) is 1.07. The largest absolute Gasteiger partial charge is 0.496 e. The Morgan fingerprint density at radius 2 is 2.21 bits per heavy atom. The number of nitrogens with zero attached hydrogens (tertiary/aromatic N) is 1. The molecule has 0 aliphatic rings. The third-order valence-corrected chi connectivity index (χ3v) is 2.11. The first kappa shape index (κ1) is 10.7. The van der Waals surface area contributed by atoms with E-state index < -0.39 is 6.03 Å². The van der Waals surface area contributed by atoms with Crippen LogP contribution in [0.25, 0.3) is 0 Å². The number of hydrogen-bond donors (Lipinski definition) is 2. The summed E-state index contributed by atoms with van der Waals surface area (Å²) in [7, 11) is 1.58. The second-order valence-corrected chi connectivity index (χ2v) is 3.19. The van der Waals surface area contributed by atoms with Crippen molar-refractivity contribution in [1.82, 2.24) is 4.31 Å². The molecular formula is C9H12N2O2S. The molecule has 76 valence electrons. The zero-order valence-corrected chi connectivity index (χ0v) is 8.70. The predicted molar refractivity (Wildman–Crippen MR) is 57.1 cm³/mol. The molecule has 0 unspecified atom stereocenters. The zero-order valence-electron chi connectivity index (χ0n) is 7.80. The van der Waals surface area contributed by atoms with Crippen molar-refractivity contribution >= 4 is 18.8 Å². The van der Waals surface area contributed by atoms with Gasteiger partial charge in [0.2, 0.25) is 0 Å². The smallest absolute Gasteiger partial charge is 0.324 e. The van der Waals surface area contributed by atoms with E-state index in [9.17, 15) is 4.79 Å². The minimum atomic E-state index is -0.584. The second-order valence-electron chi connectivity index (χ2n) is 2.71. The summed E-state index contributed by atoms with van der Waals surface area (Å²) < 4.78 is 6.24. The molecule has 0 aliphatic carbocycles. The highest BCUT2D eigenvalue weighted by Crippen LogP contribution is 2.19. The Bertz CT molecular complexity index is 330. The van der Waals surface area contributed by atoms with Gasteiger partial charge in [-0.2, -0.15) is 0 Å². The maximum absolute atomic E-state index is 10.7. The van der Waals surface area contributed by atoms with E-state index in [0.717, 1.165) is 9.87 Å². The number of ether oxygens (including phenoxy) is 1. The number of benzene rings is 1. The number of nitrogens with two attached hydrogens (primary N) is 1. The molecule has 0 aliphatic heterocycles. The summed E-state index contributed by atoms with van der Waals surface area (Å²) in [6.45, 7) is 0.322. The fraction of sp³-hybridized carbons (Fsp3) is 0.222. The number of methoxy groups -OCH3 is 1. The number of carbonyl (C=O) groups excluding carboxylic acids is 1. The van der Waals surface area contributed by atoms with Crippen molar-refractivity contribution in [2.24, 2.45) is 5.73 Å². The highest BCUT2D eigenvalue weighted by atomic mass is 32.1. The molecule has 1 aromatic rings. The predicted octanol–water partition coefficient (Wildman–Crippen LogP) is 1.42. The molecule has 2 N–H and O–H groups in total. The monoisotopic (exact) mass is 212 g/mol. The molecule has 1 rings (SSSR count). The first-order valence-electron chi connectivity index (χ1n) is 4.03. The van der Waals surface area contributed by atoms with E-state index in [4.69, 9.17) is 10.5 Å². The Labute approximate surface area is 88.2 Å². The SMILES string of the molecule is COc1ccccc1CN(S)C(N)=O. The lowest BCUT2D eigenvalue weighted by Crippen LogP contribution is -2.27. The summed E-state index contributed by atoms with van der Waals surface area (Å²) in [5.41, 5.74) is 5.91. The third-order valence-electron chi connectivity index (χ3n) is 1.77. The Kier molecular flexibility index (Phi) is 3.64. The lowest BCUT2D eigenvalue weighted by molar-refractivity contribution is 0.234. The number of hydrogen-bond acceptors (Lipinski definition) is 3. The van der Waals surface area contributed by atoms with Gasteiger partial charge in [0.05, 0.1) is 13.7 Å². The van der Waals surface area contributed by atoms with E-state index in [1.807, 2.05) is 24.3 Å². The lowest BCUT2D eigenvalue weighted by atomic mass is 10.2. The van der Waals surface area contributed by atoms with Crippen LogP contribution in [0.1, 0.15) is 5.56 Å². The molecule has 0 spiro atoms. The van der Waals surface area contributed by atoms with Gasteiger partial charge in [-0.25, -0.2) is 4.79 Å². The van der Waals surface area contributed by atoms with Crippen molar-refractivity contribution in [3.05, 3.63) is 29.8 Å². The molecule has 0 fully saturated rings. The van der Waals surface area contributed by atoms with Gasteiger partial charge in [-0.05, 0) is 6.07 Å². The summed E-state index contributed by atoms with van der Waals surface area (Å²) in [5.74, 6) is 0.716. The summed E-state index contributed by atoms with van der Waals surface area (Å²) >= 11 is 3.93. The number of urea groups is 1. The van der Waals surface area contributed by atoms with E-state index in [1.165, 1.54) is 0 Å². The van der Waals surface area contributed by atoms with Crippen molar-refractivity contribution in [1.29, 1.82) is 0 Å². The van der Waals surface area contributed by atoms with Gasteiger partial charge in [-0.3, -0.25) is 4.31 Å². The van der Waals surface area contributed by atoms with Gasteiger partial charge in [0.25, 0.3) is 0 Å². The van der Waals surface area contributed by atoms with Gasteiger partial charge in [0, 0.05) is 5.56 Å². The van der Waals surface area contributed by atoms with E-state index in [0.29, 0.717) is 12.3 Å². The number of primary amides is 1. The maximum atomic E-state index is 10.7. The molecule has 14 heavy (non-hydrogen) atoms. The number of rotatable bonds is 3. The maximum Gasteiger partial charge on any atom is 0.324 e. The Hall–Kier alpha value is -1.36. The van der Waals surface area contributed by atoms with E-state index in [-0.39, 0.29) is 0 Å². The second kappa shape index (κ2) is 4.76. The highest BCUT2D eigenvalue weighted by Gasteiger charge is 2.08. The molecule has 5 heteroatoms.